The maximum Gasteiger partial charge on any atom is 0.243 e. The van der Waals surface area contributed by atoms with E-state index in [0.717, 1.165) is 32.5 Å². The molecular formula is C17H33N5O2. The van der Waals surface area contributed by atoms with Crippen LogP contribution in [0.3, 0.4) is 0 Å². The first-order chi connectivity index (χ1) is 11.4. The Morgan fingerprint density at radius 2 is 2.04 bits per heavy atom. The fourth-order valence-electron chi connectivity index (χ4n) is 2.52. The van der Waals surface area contributed by atoms with Crippen molar-refractivity contribution >= 4 is 11.9 Å². The van der Waals surface area contributed by atoms with Crippen molar-refractivity contribution in [2.24, 2.45) is 4.99 Å². The zero-order chi connectivity index (χ0) is 17.9. The van der Waals surface area contributed by atoms with Crippen molar-refractivity contribution in [2.45, 2.75) is 25.8 Å². The quantitative estimate of drug-likeness (QED) is 0.288. The number of carbonyl (C=O) groups is 1. The fourth-order valence-corrected chi connectivity index (χ4v) is 2.52. The summed E-state index contributed by atoms with van der Waals surface area (Å²) in [5.74, 6) is 0.666. The first kappa shape index (κ1) is 20.4. The summed E-state index contributed by atoms with van der Waals surface area (Å²) in [6.07, 6.45) is 2.11. The van der Waals surface area contributed by atoms with Gasteiger partial charge < -0.3 is 20.3 Å². The van der Waals surface area contributed by atoms with Gasteiger partial charge >= 0.3 is 0 Å². The minimum Gasteiger partial charge on any atom is -0.383 e. The Kier molecular flexibility index (Phi) is 9.41. The monoisotopic (exact) mass is 339 g/mol. The van der Waals surface area contributed by atoms with E-state index in [1.54, 1.807) is 26.1 Å². The van der Waals surface area contributed by atoms with Crippen molar-refractivity contribution in [2.75, 3.05) is 60.5 Å². The average molecular weight is 339 g/mol. The number of amides is 1. The summed E-state index contributed by atoms with van der Waals surface area (Å²) in [4.78, 5) is 20.1. The SMILES string of the molecule is C=C(C)CN1CCC(NC(=NCC(=O)N(C)C)NCCOC)CC1. The minimum absolute atomic E-state index is 0.0147. The van der Waals surface area contributed by atoms with Crippen molar-refractivity contribution in [1.82, 2.24) is 20.4 Å². The molecule has 0 atom stereocenters. The third kappa shape index (κ3) is 8.31. The highest BCUT2D eigenvalue weighted by Gasteiger charge is 2.20. The Morgan fingerprint density at radius 3 is 2.58 bits per heavy atom. The van der Waals surface area contributed by atoms with E-state index < -0.39 is 0 Å². The zero-order valence-corrected chi connectivity index (χ0v) is 15.6. The number of aliphatic imine (C=N–C) groups is 1. The Balaban J connectivity index is 2.50. The normalized spacial score (nSPS) is 16.8. The highest BCUT2D eigenvalue weighted by atomic mass is 16.5. The van der Waals surface area contributed by atoms with Crippen LogP contribution >= 0.6 is 0 Å². The van der Waals surface area contributed by atoms with Crippen molar-refractivity contribution < 1.29 is 9.53 Å². The summed E-state index contributed by atoms with van der Waals surface area (Å²) < 4.78 is 5.06. The van der Waals surface area contributed by atoms with Crippen LogP contribution < -0.4 is 10.6 Å². The topological polar surface area (TPSA) is 69.2 Å². The highest BCUT2D eigenvalue weighted by Crippen LogP contribution is 2.11. The van der Waals surface area contributed by atoms with Crippen molar-refractivity contribution in [3.8, 4) is 0 Å². The average Bonchev–Trinajstić information content (AvgIpc) is 2.53. The van der Waals surface area contributed by atoms with Gasteiger partial charge in [-0.3, -0.25) is 9.69 Å². The van der Waals surface area contributed by atoms with Crippen LogP contribution in [0.1, 0.15) is 19.8 Å². The van der Waals surface area contributed by atoms with Crippen molar-refractivity contribution in [3.05, 3.63) is 12.2 Å². The zero-order valence-electron chi connectivity index (χ0n) is 15.6. The van der Waals surface area contributed by atoms with Crippen LogP contribution in [0.2, 0.25) is 0 Å². The molecule has 1 heterocycles. The number of nitrogens with zero attached hydrogens (tertiary/aromatic N) is 3. The van der Waals surface area contributed by atoms with Gasteiger partial charge in [0.25, 0.3) is 0 Å². The van der Waals surface area contributed by atoms with E-state index in [1.165, 1.54) is 5.57 Å². The molecule has 138 valence electrons. The summed E-state index contributed by atoms with van der Waals surface area (Å²) >= 11 is 0. The standard InChI is InChI=1S/C17H33N5O2/c1-14(2)13-22-9-6-15(7-10-22)20-17(18-8-11-24-5)19-12-16(23)21(3)4/h15H,1,6-13H2,2-5H3,(H2,18,19,20). The molecule has 1 rings (SSSR count). The largest absolute Gasteiger partial charge is 0.383 e. The molecule has 1 aliphatic rings. The Labute approximate surface area is 146 Å². The van der Waals surface area contributed by atoms with E-state index in [2.05, 4.69) is 34.0 Å². The van der Waals surface area contributed by atoms with Crippen LogP contribution in [0.4, 0.5) is 0 Å². The summed E-state index contributed by atoms with van der Waals surface area (Å²) in [5.41, 5.74) is 1.20. The number of likely N-dealkylation sites (N-methyl/N-ethyl adjacent to an activating group) is 1. The number of ether oxygens (including phenoxy) is 1. The van der Waals surface area contributed by atoms with Crippen LogP contribution in [0, 0.1) is 0 Å². The number of likely N-dealkylation sites (tertiary alicyclic amines) is 1. The van der Waals surface area contributed by atoms with Gasteiger partial charge in [0, 0.05) is 53.4 Å². The molecule has 1 amide bonds. The lowest BCUT2D eigenvalue weighted by Gasteiger charge is -2.33. The van der Waals surface area contributed by atoms with Gasteiger partial charge in [-0.05, 0) is 19.8 Å². The van der Waals surface area contributed by atoms with Crippen molar-refractivity contribution in [3.63, 3.8) is 0 Å². The van der Waals surface area contributed by atoms with Crippen LogP contribution in [-0.4, -0.2) is 88.2 Å². The molecule has 0 bridgehead atoms. The van der Waals surface area contributed by atoms with Gasteiger partial charge in [0.05, 0.1) is 6.61 Å². The predicted octanol–water partition coefficient (Wildman–Crippen LogP) is 0.297. The Morgan fingerprint density at radius 1 is 1.38 bits per heavy atom. The highest BCUT2D eigenvalue weighted by molar-refractivity contribution is 5.84. The second-order valence-electron chi connectivity index (χ2n) is 6.52. The molecule has 0 spiro atoms. The molecule has 0 unspecified atom stereocenters. The first-order valence-corrected chi connectivity index (χ1v) is 8.53. The van der Waals surface area contributed by atoms with Gasteiger partial charge in [-0.25, -0.2) is 4.99 Å². The lowest BCUT2D eigenvalue weighted by Crippen LogP contribution is -2.49. The molecular weight excluding hydrogens is 306 g/mol. The van der Waals surface area contributed by atoms with E-state index in [4.69, 9.17) is 4.74 Å². The summed E-state index contributed by atoms with van der Waals surface area (Å²) in [6.45, 7) is 10.5. The van der Waals surface area contributed by atoms with Gasteiger partial charge in [0.2, 0.25) is 5.91 Å². The van der Waals surface area contributed by atoms with Gasteiger partial charge in [-0.15, -0.1) is 0 Å². The lowest BCUT2D eigenvalue weighted by molar-refractivity contribution is -0.127. The fraction of sp³-hybridized carbons (Fsp3) is 0.765. The molecule has 2 N–H and O–H groups in total. The third-order valence-electron chi connectivity index (χ3n) is 3.89. The van der Waals surface area contributed by atoms with Gasteiger partial charge in [-0.1, -0.05) is 12.2 Å². The summed E-state index contributed by atoms with van der Waals surface area (Å²) in [5, 5.41) is 6.67. The molecule has 0 aliphatic carbocycles. The lowest BCUT2D eigenvalue weighted by atomic mass is 10.0. The molecule has 24 heavy (non-hydrogen) atoms. The van der Waals surface area contributed by atoms with E-state index in [9.17, 15) is 4.79 Å². The molecule has 1 saturated heterocycles. The predicted molar refractivity (Wildman–Crippen MR) is 98.3 cm³/mol. The van der Waals surface area contributed by atoms with Crippen LogP contribution in [-0.2, 0) is 9.53 Å². The van der Waals surface area contributed by atoms with Gasteiger partial charge in [0.1, 0.15) is 6.54 Å². The molecule has 0 saturated carbocycles. The van der Waals surface area contributed by atoms with E-state index in [1.807, 2.05) is 0 Å². The smallest absolute Gasteiger partial charge is 0.243 e. The maximum atomic E-state index is 11.7. The van der Waals surface area contributed by atoms with E-state index >= 15 is 0 Å². The number of hydrogen-bond donors (Lipinski definition) is 2. The number of guanidine groups is 1. The van der Waals surface area contributed by atoms with Crippen LogP contribution in [0.5, 0.6) is 0 Å². The summed E-state index contributed by atoms with van der Waals surface area (Å²) in [6, 6.07) is 0.370. The van der Waals surface area contributed by atoms with Crippen LogP contribution in [0.15, 0.2) is 17.1 Å². The maximum absolute atomic E-state index is 11.7. The molecule has 0 aromatic heterocycles. The van der Waals surface area contributed by atoms with Crippen LogP contribution in [0.25, 0.3) is 0 Å². The second-order valence-corrected chi connectivity index (χ2v) is 6.52. The Hall–Kier alpha value is -1.60. The second kappa shape index (κ2) is 11.0. The van der Waals surface area contributed by atoms with Gasteiger partial charge in [0.15, 0.2) is 5.96 Å². The number of hydrogen-bond acceptors (Lipinski definition) is 4. The minimum atomic E-state index is -0.0147. The number of piperidine rings is 1. The summed E-state index contributed by atoms with van der Waals surface area (Å²) in [7, 11) is 5.14. The van der Waals surface area contributed by atoms with E-state index in [-0.39, 0.29) is 12.5 Å². The molecule has 7 nitrogen and oxygen atoms in total. The number of nitrogens with one attached hydrogen (secondary N) is 2. The van der Waals surface area contributed by atoms with Gasteiger partial charge in [-0.2, -0.15) is 0 Å². The molecule has 1 fully saturated rings. The van der Waals surface area contributed by atoms with E-state index in [0.29, 0.717) is 25.2 Å². The molecule has 7 heteroatoms. The molecule has 0 aromatic rings. The third-order valence-corrected chi connectivity index (χ3v) is 3.89. The first-order valence-electron chi connectivity index (χ1n) is 8.53. The molecule has 0 radical (unpaired) electrons. The number of methoxy groups -OCH3 is 1. The number of rotatable bonds is 8. The van der Waals surface area contributed by atoms with Crippen molar-refractivity contribution in [1.29, 1.82) is 0 Å². The number of carbonyl (C=O) groups excluding carboxylic acids is 1. The molecule has 0 aromatic carbocycles. The Bertz CT molecular complexity index is 429. The molecule has 1 aliphatic heterocycles.